The molecule has 0 radical (unpaired) electrons. The second-order valence-corrected chi connectivity index (χ2v) is 14.8. The summed E-state index contributed by atoms with van der Waals surface area (Å²) in [6.45, 7) is 3.01. The molecule has 0 saturated carbocycles. The van der Waals surface area contributed by atoms with Gasteiger partial charge in [0.25, 0.3) is 0 Å². The number of fused-ring (bicyclic) bond motifs is 4. The Bertz CT molecular complexity index is 3280. The molecule has 0 spiro atoms. The quantitative estimate of drug-likeness (QED) is 0.0787. The number of hydrogen-bond donors (Lipinski definition) is 1. The molecule has 0 atom stereocenters. The second-order valence-electron chi connectivity index (χ2n) is 14.8. The number of quaternary nitrogens is 1. The third kappa shape index (κ3) is 6.47. The van der Waals surface area contributed by atoms with Crippen LogP contribution in [0, 0.1) is 163 Å². The maximum atomic E-state index is 17.3. The van der Waals surface area contributed by atoms with Gasteiger partial charge < -0.3 is 5.73 Å². The summed E-state index contributed by atoms with van der Waals surface area (Å²) in [6, 6.07) is 0. The molecule has 1 nitrogen and oxygen atoms in total. The average Bonchev–Trinajstić information content (AvgIpc) is 3.34. The minimum absolute atomic E-state index is 1.00. The molecule has 0 amide bonds. The lowest BCUT2D eigenvalue weighted by molar-refractivity contribution is -0.361. The highest BCUT2D eigenvalue weighted by Gasteiger charge is 2.52. The molecular weight excluding hydrogens is 1060 g/mol. The van der Waals surface area contributed by atoms with E-state index in [0.29, 0.717) is 0 Å². The van der Waals surface area contributed by atoms with Gasteiger partial charge in [0.15, 0.2) is 140 Å². The Morgan fingerprint density at radius 1 is 0.194 bits per heavy atom. The topological polar surface area (TPSA) is 27.6 Å². The van der Waals surface area contributed by atoms with Gasteiger partial charge in [0.1, 0.15) is 29.4 Å². The van der Waals surface area contributed by atoms with Crippen molar-refractivity contribution in [1.82, 2.24) is 0 Å². The standard InChI is InChI=1S/C40BF28.C2H7N/c42-13-1-5(21(50)37(66)33(13)62)17(46)29(58)25(54)9(1)41(10-2-6(18(47)30(59)26(10)55)22(51)38(67)34(63)14(2)43,11-3-7(19(48)31(60)27(11)56)23(52)39(68)35(64)15(3)44)12-4-8(20(49)32(61)28(12)57)24(53)40(69)36(65)16(4)45;1-2-3/h;2-3H2,1H3/q-1;/p+1. The zero-order chi connectivity index (χ0) is 54.3. The monoisotopic (exact) mass is 1070 g/mol. The highest BCUT2D eigenvalue weighted by molar-refractivity contribution is 7.23. The Morgan fingerprint density at radius 3 is 0.417 bits per heavy atom. The normalized spacial score (nSPS) is 12.1. The number of halogens is 28. The lowest BCUT2D eigenvalue weighted by atomic mass is 9.11. The van der Waals surface area contributed by atoms with Crippen LogP contribution < -0.4 is 27.6 Å². The van der Waals surface area contributed by atoms with Crippen LogP contribution in [0.5, 0.6) is 0 Å². The predicted octanol–water partition coefficient (Wildman–Crippen LogP) is 10.8. The van der Waals surface area contributed by atoms with Crippen molar-refractivity contribution in [3.8, 4) is 0 Å². The predicted molar refractivity (Wildman–Crippen MR) is 192 cm³/mol. The van der Waals surface area contributed by atoms with Gasteiger partial charge in [-0.25, -0.2) is 123 Å². The van der Waals surface area contributed by atoms with E-state index in [1.165, 1.54) is 0 Å². The molecule has 0 bridgehead atoms. The van der Waals surface area contributed by atoms with Crippen LogP contribution >= 0.6 is 0 Å². The minimum atomic E-state index is -8.05. The Balaban J connectivity index is 0.00000247. The molecule has 8 aromatic carbocycles. The van der Waals surface area contributed by atoms with E-state index in [4.69, 9.17) is 0 Å². The zero-order valence-corrected chi connectivity index (χ0v) is 33.6. The smallest absolute Gasteiger partial charge is 0.198 e. The SMILES string of the molecule is CC[NH3+].Fc1c(F)c(F)c2c([B-](c3c(F)c(F)c(F)c4c(F)c(F)c(F)c(F)c34)(c3c(F)c(F)c(F)c4c(F)c(F)c(F)c(F)c34)c3c(F)c(F)c(F)c4c(F)c(F)c(F)c(F)c34)c(F)c(F)c(F)c2c1F. The van der Waals surface area contributed by atoms with Crippen molar-refractivity contribution in [3.63, 3.8) is 0 Å². The molecule has 8 aromatic rings. The fourth-order valence-electron chi connectivity index (χ4n) is 8.59. The largest absolute Gasteiger partial charge is 0.358 e. The van der Waals surface area contributed by atoms with Crippen molar-refractivity contribution in [3.05, 3.63) is 163 Å². The number of rotatable bonds is 4. The number of hydrogen-bond acceptors (Lipinski definition) is 0. The van der Waals surface area contributed by atoms with Crippen molar-refractivity contribution in [2.24, 2.45) is 0 Å². The van der Waals surface area contributed by atoms with Gasteiger partial charge in [0.05, 0.1) is 28.1 Å². The molecule has 0 fully saturated rings. The maximum absolute atomic E-state index is 17.3. The van der Waals surface area contributed by atoms with Crippen molar-refractivity contribution < 1.29 is 129 Å². The van der Waals surface area contributed by atoms with Gasteiger partial charge in [-0.3, -0.25) is 0 Å². The lowest BCUT2D eigenvalue weighted by Gasteiger charge is -2.47. The van der Waals surface area contributed by atoms with Crippen molar-refractivity contribution in [1.29, 1.82) is 0 Å². The molecule has 0 aliphatic carbocycles. The van der Waals surface area contributed by atoms with Crippen LogP contribution in [0.2, 0.25) is 0 Å². The lowest BCUT2D eigenvalue weighted by Crippen LogP contribution is -2.79. The fraction of sp³-hybridized carbons (Fsp3) is 0.0476. The minimum Gasteiger partial charge on any atom is -0.358 e. The Hall–Kier alpha value is -7.14. The molecule has 0 heterocycles. The molecular formula is C42H8BF28N. The summed E-state index contributed by atoms with van der Waals surface area (Å²) in [5.74, 6) is -104. The van der Waals surface area contributed by atoms with Gasteiger partial charge in [-0.15, -0.1) is 21.9 Å². The van der Waals surface area contributed by atoms with E-state index in [2.05, 4.69) is 5.73 Å². The highest BCUT2D eigenvalue weighted by atomic mass is 19.2. The Kier molecular flexibility index (Phi) is 12.9. The maximum Gasteiger partial charge on any atom is 0.198 e. The molecule has 0 saturated heterocycles. The summed E-state index contributed by atoms with van der Waals surface area (Å²) in [4.78, 5) is 0. The molecule has 3 N–H and O–H groups in total. The third-order valence-corrected chi connectivity index (χ3v) is 11.2. The summed E-state index contributed by atoms with van der Waals surface area (Å²) in [6.07, 6.45) is -8.05. The van der Waals surface area contributed by atoms with E-state index in [-0.39, 0.29) is 0 Å². The highest BCUT2D eigenvalue weighted by Crippen LogP contribution is 2.42. The summed E-state index contributed by atoms with van der Waals surface area (Å²) in [7, 11) is 0. The van der Waals surface area contributed by atoms with E-state index in [0.717, 1.165) is 6.54 Å². The molecule has 0 aliphatic rings. The van der Waals surface area contributed by atoms with Crippen LogP contribution in [-0.2, 0) is 0 Å². The van der Waals surface area contributed by atoms with Crippen LogP contribution in [0.3, 0.4) is 0 Å². The Morgan fingerprint density at radius 2 is 0.292 bits per heavy atom. The van der Waals surface area contributed by atoms with Crippen LogP contribution in [-0.4, -0.2) is 12.7 Å². The van der Waals surface area contributed by atoms with Crippen LogP contribution in [0.15, 0.2) is 0 Å². The first-order valence-electron chi connectivity index (χ1n) is 18.7. The zero-order valence-electron chi connectivity index (χ0n) is 33.6. The molecule has 8 rings (SSSR count). The first-order valence-corrected chi connectivity index (χ1v) is 18.7. The molecule has 0 unspecified atom stereocenters. The summed E-state index contributed by atoms with van der Waals surface area (Å²) in [5.41, 5.74) is -12.0. The van der Waals surface area contributed by atoms with Crippen LogP contribution in [0.1, 0.15) is 6.92 Å². The average molecular weight is 1070 g/mol. The van der Waals surface area contributed by atoms with Crippen LogP contribution in [0.4, 0.5) is 123 Å². The van der Waals surface area contributed by atoms with E-state index in [9.17, 15) is 17.6 Å². The first-order chi connectivity index (χ1) is 33.4. The molecule has 0 aliphatic heterocycles. The summed E-state index contributed by atoms with van der Waals surface area (Å²) < 4.78 is 446. The van der Waals surface area contributed by atoms with E-state index >= 15 is 105 Å². The molecule has 72 heavy (non-hydrogen) atoms. The van der Waals surface area contributed by atoms with Crippen LogP contribution in [0.25, 0.3) is 43.1 Å². The van der Waals surface area contributed by atoms with Gasteiger partial charge >= 0.3 is 0 Å². The Labute approximate surface area is 376 Å². The molecule has 380 valence electrons. The van der Waals surface area contributed by atoms with E-state index in [1.807, 2.05) is 6.92 Å². The van der Waals surface area contributed by atoms with E-state index in [1.54, 1.807) is 0 Å². The van der Waals surface area contributed by atoms with Gasteiger partial charge in [-0.05, 0) is 28.5 Å². The van der Waals surface area contributed by atoms with Crippen molar-refractivity contribution >= 4 is 71.1 Å². The fourth-order valence-corrected chi connectivity index (χ4v) is 8.59. The van der Waals surface area contributed by atoms with Crippen molar-refractivity contribution in [2.75, 3.05) is 6.54 Å². The van der Waals surface area contributed by atoms with Crippen molar-refractivity contribution in [2.45, 2.75) is 6.92 Å². The molecule has 0 aromatic heterocycles. The first kappa shape index (κ1) is 52.7. The molecule has 30 heteroatoms. The van der Waals surface area contributed by atoms with Gasteiger partial charge in [-0.2, -0.15) is 0 Å². The van der Waals surface area contributed by atoms with Gasteiger partial charge in [0.2, 0.25) is 0 Å². The third-order valence-electron chi connectivity index (χ3n) is 11.2. The number of benzene rings is 8. The van der Waals surface area contributed by atoms with Gasteiger partial charge in [-0.1, -0.05) is 0 Å². The van der Waals surface area contributed by atoms with Gasteiger partial charge in [0, 0.05) is 0 Å². The van der Waals surface area contributed by atoms with E-state index < -0.39 is 234 Å². The second kappa shape index (κ2) is 17.6. The summed E-state index contributed by atoms with van der Waals surface area (Å²) in [5, 5.41) is -27.0. The summed E-state index contributed by atoms with van der Waals surface area (Å²) >= 11 is 0.